The van der Waals surface area contributed by atoms with Crippen molar-refractivity contribution in [2.45, 2.75) is 26.7 Å². The van der Waals surface area contributed by atoms with Crippen LogP contribution in [0.15, 0.2) is 42.5 Å². The number of benzene rings is 2. The number of carbonyl (C=O) groups is 1. The number of ketones is 1. The van der Waals surface area contributed by atoms with Crippen LogP contribution in [0.3, 0.4) is 0 Å². The maximum Gasteiger partial charge on any atom is 0.211 e. The zero-order valence-corrected chi connectivity index (χ0v) is 17.6. The van der Waals surface area contributed by atoms with Gasteiger partial charge in [-0.3, -0.25) is 4.79 Å². The third-order valence-corrected chi connectivity index (χ3v) is 6.74. The first-order valence-corrected chi connectivity index (χ1v) is 10.7. The molecule has 5 nitrogen and oxygen atoms in total. The molecule has 1 atom stereocenters. The van der Waals surface area contributed by atoms with Crippen molar-refractivity contribution in [1.82, 2.24) is 14.8 Å². The molecule has 0 spiro atoms. The summed E-state index contributed by atoms with van der Waals surface area (Å²) >= 11 is 7.86. The third kappa shape index (κ3) is 3.12. The van der Waals surface area contributed by atoms with Gasteiger partial charge in [0.2, 0.25) is 5.13 Å². The van der Waals surface area contributed by atoms with Crippen LogP contribution < -0.4 is 5.32 Å². The Labute approximate surface area is 177 Å². The summed E-state index contributed by atoms with van der Waals surface area (Å²) in [5.74, 6) is 0.968. The number of nitrogens with one attached hydrogen (secondary N) is 1. The second kappa shape index (κ2) is 6.97. The van der Waals surface area contributed by atoms with Crippen molar-refractivity contribution in [3.05, 3.63) is 64.3 Å². The Bertz CT molecular complexity index is 1230. The molecule has 7 heteroatoms. The van der Waals surface area contributed by atoms with E-state index in [-0.39, 0.29) is 11.7 Å². The van der Waals surface area contributed by atoms with Crippen LogP contribution in [0.4, 0.5) is 11.5 Å². The summed E-state index contributed by atoms with van der Waals surface area (Å²) in [5.41, 5.74) is 4.30. The molecule has 5 rings (SSSR count). The number of hydrogen-bond acceptors (Lipinski definition) is 5. The first-order valence-electron chi connectivity index (χ1n) is 9.54. The lowest BCUT2D eigenvalue weighted by Crippen LogP contribution is -2.19. The molecule has 2 aromatic carbocycles. The van der Waals surface area contributed by atoms with Crippen LogP contribution in [-0.4, -0.2) is 20.5 Å². The lowest BCUT2D eigenvalue weighted by molar-refractivity contribution is 0.0953. The number of carbonyl (C=O) groups excluding carboxylic acids is 1. The van der Waals surface area contributed by atoms with Gasteiger partial charge in [0.05, 0.1) is 21.5 Å². The summed E-state index contributed by atoms with van der Waals surface area (Å²) in [7, 11) is 0. The predicted molar refractivity (Wildman–Crippen MR) is 118 cm³/mol. The molecule has 2 heterocycles. The number of halogens is 1. The van der Waals surface area contributed by atoms with Gasteiger partial charge in [0.25, 0.3) is 0 Å². The number of Topliss-reactive ketones (excluding diaryl/α,β-unsaturated/α-hetero) is 1. The Morgan fingerprint density at radius 1 is 1.17 bits per heavy atom. The molecule has 1 aliphatic carbocycles. The minimum absolute atomic E-state index is 0.119. The molecule has 1 N–H and O–H groups in total. The standard InChI is InChI=1S/C22H19ClN4OS/c1-12-10-17-20(18(28)11-12)21(24-15-8-5-6-14(23)13(15)2)26-27(17)22-25-16-7-3-4-9-19(16)29-22/h3-9,12H,10-11H2,1-2H3,(H,24,26). The summed E-state index contributed by atoms with van der Waals surface area (Å²) in [6.45, 7) is 4.05. The Balaban J connectivity index is 1.67. The number of anilines is 2. The van der Waals surface area contributed by atoms with Gasteiger partial charge < -0.3 is 5.32 Å². The second-order valence-electron chi connectivity index (χ2n) is 7.52. The van der Waals surface area contributed by atoms with Crippen LogP contribution in [0, 0.1) is 12.8 Å². The molecule has 0 radical (unpaired) electrons. The Morgan fingerprint density at radius 2 is 2.00 bits per heavy atom. The molecule has 1 unspecified atom stereocenters. The average molecular weight is 423 g/mol. The highest BCUT2D eigenvalue weighted by Crippen LogP contribution is 2.36. The lowest BCUT2D eigenvalue weighted by atomic mass is 9.88. The monoisotopic (exact) mass is 422 g/mol. The van der Waals surface area contributed by atoms with Gasteiger partial charge in [-0.1, -0.05) is 48.1 Å². The maximum atomic E-state index is 12.9. The van der Waals surface area contributed by atoms with Crippen LogP contribution in [0.5, 0.6) is 0 Å². The van der Waals surface area contributed by atoms with E-state index in [4.69, 9.17) is 21.7 Å². The molecule has 146 valence electrons. The van der Waals surface area contributed by atoms with Gasteiger partial charge >= 0.3 is 0 Å². The van der Waals surface area contributed by atoms with E-state index in [1.807, 2.05) is 48.0 Å². The number of nitrogens with zero attached hydrogens (tertiary/aromatic N) is 3. The zero-order chi connectivity index (χ0) is 20.1. The summed E-state index contributed by atoms with van der Waals surface area (Å²) < 4.78 is 2.94. The number of thiazole rings is 1. The van der Waals surface area contributed by atoms with E-state index in [1.165, 1.54) is 0 Å². The largest absolute Gasteiger partial charge is 0.338 e. The van der Waals surface area contributed by atoms with E-state index < -0.39 is 0 Å². The first kappa shape index (κ1) is 18.3. The number of hydrogen-bond donors (Lipinski definition) is 1. The highest BCUT2D eigenvalue weighted by molar-refractivity contribution is 7.20. The summed E-state index contributed by atoms with van der Waals surface area (Å²) in [6.07, 6.45) is 1.32. The molecule has 2 aromatic heterocycles. The van der Waals surface area contributed by atoms with Crippen molar-refractivity contribution in [3.8, 4) is 5.13 Å². The number of aromatic nitrogens is 3. The van der Waals surface area contributed by atoms with Crippen LogP contribution >= 0.6 is 22.9 Å². The van der Waals surface area contributed by atoms with E-state index in [9.17, 15) is 4.79 Å². The highest BCUT2D eigenvalue weighted by Gasteiger charge is 2.32. The topological polar surface area (TPSA) is 59.8 Å². The third-order valence-electron chi connectivity index (χ3n) is 5.32. The molecule has 0 fully saturated rings. The SMILES string of the molecule is Cc1c(Cl)cccc1Nc1nn(-c2nc3ccccc3s2)c2c1C(=O)CC(C)C2. The summed E-state index contributed by atoms with van der Waals surface area (Å²) in [4.78, 5) is 17.7. The van der Waals surface area contributed by atoms with Gasteiger partial charge in [-0.25, -0.2) is 9.67 Å². The van der Waals surface area contributed by atoms with Crippen molar-refractivity contribution in [3.63, 3.8) is 0 Å². The zero-order valence-electron chi connectivity index (χ0n) is 16.1. The van der Waals surface area contributed by atoms with Crippen LogP contribution in [0.2, 0.25) is 5.02 Å². The fourth-order valence-corrected chi connectivity index (χ4v) is 4.94. The molecular formula is C22H19ClN4OS. The minimum atomic E-state index is 0.119. The van der Waals surface area contributed by atoms with Crippen LogP contribution in [0.1, 0.15) is 35.0 Å². The fraction of sp³-hybridized carbons (Fsp3) is 0.227. The second-order valence-corrected chi connectivity index (χ2v) is 8.94. The van der Waals surface area contributed by atoms with Gasteiger partial charge in [0, 0.05) is 17.1 Å². The highest BCUT2D eigenvalue weighted by atomic mass is 35.5. The molecule has 0 bridgehead atoms. The lowest BCUT2D eigenvalue weighted by Gasteiger charge is -2.18. The summed E-state index contributed by atoms with van der Waals surface area (Å²) in [5, 5.41) is 9.60. The van der Waals surface area contributed by atoms with Crippen molar-refractivity contribution in [2.24, 2.45) is 5.92 Å². The van der Waals surface area contributed by atoms with E-state index in [0.29, 0.717) is 22.8 Å². The molecule has 4 aromatic rings. The number of rotatable bonds is 3. The van der Waals surface area contributed by atoms with E-state index in [2.05, 4.69) is 18.3 Å². The maximum absolute atomic E-state index is 12.9. The number of fused-ring (bicyclic) bond motifs is 2. The smallest absolute Gasteiger partial charge is 0.211 e. The Morgan fingerprint density at radius 3 is 2.83 bits per heavy atom. The van der Waals surface area contributed by atoms with Crippen LogP contribution in [-0.2, 0) is 6.42 Å². The Hall–Kier alpha value is -2.70. The molecule has 1 aliphatic rings. The first-order chi connectivity index (χ1) is 14.0. The van der Waals surface area contributed by atoms with Gasteiger partial charge in [0.15, 0.2) is 11.6 Å². The van der Waals surface area contributed by atoms with E-state index in [0.717, 1.165) is 38.7 Å². The van der Waals surface area contributed by atoms with Gasteiger partial charge in [0.1, 0.15) is 0 Å². The van der Waals surface area contributed by atoms with E-state index in [1.54, 1.807) is 11.3 Å². The van der Waals surface area contributed by atoms with Gasteiger partial charge in [-0.2, -0.15) is 0 Å². The normalized spacial score (nSPS) is 16.2. The van der Waals surface area contributed by atoms with Crippen molar-refractivity contribution in [1.29, 1.82) is 0 Å². The Kier molecular flexibility index (Phi) is 4.41. The average Bonchev–Trinajstić information content (AvgIpc) is 3.27. The minimum Gasteiger partial charge on any atom is -0.338 e. The van der Waals surface area contributed by atoms with Crippen molar-refractivity contribution in [2.75, 3.05) is 5.32 Å². The quantitative estimate of drug-likeness (QED) is 0.443. The predicted octanol–water partition coefficient (Wildman–Crippen LogP) is 5.95. The molecule has 0 aliphatic heterocycles. The summed E-state index contributed by atoms with van der Waals surface area (Å²) in [6, 6.07) is 13.7. The van der Waals surface area contributed by atoms with Gasteiger partial charge in [-0.15, -0.1) is 5.10 Å². The fourth-order valence-electron chi connectivity index (χ4n) is 3.82. The molecule has 0 saturated heterocycles. The van der Waals surface area contributed by atoms with E-state index >= 15 is 0 Å². The number of para-hydroxylation sites is 1. The molecule has 0 amide bonds. The molecule has 29 heavy (non-hydrogen) atoms. The van der Waals surface area contributed by atoms with Crippen molar-refractivity contribution < 1.29 is 4.79 Å². The van der Waals surface area contributed by atoms with Gasteiger partial charge in [-0.05, 0) is 49.1 Å². The van der Waals surface area contributed by atoms with Crippen LogP contribution in [0.25, 0.3) is 15.3 Å². The molecule has 0 saturated carbocycles. The van der Waals surface area contributed by atoms with Crippen molar-refractivity contribution >= 4 is 50.4 Å². The molecular weight excluding hydrogens is 404 g/mol.